The summed E-state index contributed by atoms with van der Waals surface area (Å²) in [5, 5.41) is 11.2. The van der Waals surface area contributed by atoms with Gasteiger partial charge in [-0.05, 0) is 26.3 Å². The van der Waals surface area contributed by atoms with E-state index in [0.29, 0.717) is 0 Å². The molecule has 1 aromatic carbocycles. The van der Waals surface area contributed by atoms with Gasteiger partial charge >= 0.3 is 18.0 Å². The van der Waals surface area contributed by atoms with Crippen LogP contribution < -0.4 is 5.32 Å². The van der Waals surface area contributed by atoms with E-state index in [9.17, 15) is 14.4 Å². The summed E-state index contributed by atoms with van der Waals surface area (Å²) in [6.07, 6.45) is -1.39. The van der Waals surface area contributed by atoms with E-state index < -0.39 is 36.1 Å². The van der Waals surface area contributed by atoms with Gasteiger partial charge in [-0.3, -0.25) is 4.79 Å². The fourth-order valence-electron chi connectivity index (χ4n) is 1.66. The number of nitrogens with one attached hydrogen (secondary N) is 1. The Morgan fingerprint density at radius 2 is 1.78 bits per heavy atom. The van der Waals surface area contributed by atoms with Crippen molar-refractivity contribution in [3.05, 3.63) is 35.9 Å². The Hall–Kier alpha value is -2.57. The normalized spacial score (nSPS) is 12.1. The third-order valence-electron chi connectivity index (χ3n) is 2.59. The summed E-state index contributed by atoms with van der Waals surface area (Å²) in [6, 6.07) is 7.53. The lowest BCUT2D eigenvalue weighted by molar-refractivity contribution is -0.158. The molecule has 7 heteroatoms. The smallest absolute Gasteiger partial charge is 0.408 e. The third kappa shape index (κ3) is 7.85. The van der Waals surface area contributed by atoms with Gasteiger partial charge in [0.05, 0.1) is 6.42 Å². The monoisotopic (exact) mass is 323 g/mol. The third-order valence-corrected chi connectivity index (χ3v) is 2.59. The number of alkyl carbamates (subject to hydrolysis) is 1. The van der Waals surface area contributed by atoms with Crippen molar-refractivity contribution in [1.29, 1.82) is 0 Å². The van der Waals surface area contributed by atoms with Crippen LogP contribution >= 0.6 is 0 Å². The van der Waals surface area contributed by atoms with Crippen LogP contribution in [-0.2, 0) is 25.7 Å². The van der Waals surface area contributed by atoms with Crippen molar-refractivity contribution in [3.8, 4) is 0 Å². The predicted molar refractivity (Wildman–Crippen MR) is 81.6 cm³/mol. The molecule has 0 aliphatic rings. The maximum atomic E-state index is 11.7. The average Bonchev–Trinajstić information content (AvgIpc) is 2.43. The zero-order chi connectivity index (χ0) is 17.5. The Morgan fingerprint density at radius 1 is 1.17 bits per heavy atom. The summed E-state index contributed by atoms with van der Waals surface area (Å²) < 4.78 is 9.96. The number of benzene rings is 1. The highest BCUT2D eigenvalue weighted by atomic mass is 16.6. The number of carboxylic acids is 1. The van der Waals surface area contributed by atoms with E-state index in [-0.39, 0.29) is 6.61 Å². The Labute approximate surface area is 134 Å². The van der Waals surface area contributed by atoms with E-state index in [1.807, 2.05) is 6.07 Å². The summed E-state index contributed by atoms with van der Waals surface area (Å²) in [7, 11) is 0. The van der Waals surface area contributed by atoms with Crippen LogP contribution in [0.3, 0.4) is 0 Å². The van der Waals surface area contributed by atoms with Crippen molar-refractivity contribution in [2.24, 2.45) is 0 Å². The molecule has 0 saturated carbocycles. The highest BCUT2D eigenvalue weighted by molar-refractivity contribution is 5.85. The largest absolute Gasteiger partial charge is 0.480 e. The molecule has 126 valence electrons. The first-order valence-corrected chi connectivity index (χ1v) is 7.09. The second-order valence-corrected chi connectivity index (χ2v) is 5.89. The molecule has 0 bridgehead atoms. The average molecular weight is 323 g/mol. The first-order valence-electron chi connectivity index (χ1n) is 7.09. The number of carbonyl (C=O) groups is 3. The van der Waals surface area contributed by atoms with Gasteiger partial charge in [0.25, 0.3) is 0 Å². The number of hydrogen-bond acceptors (Lipinski definition) is 5. The highest BCUT2D eigenvalue weighted by Crippen LogP contribution is 2.09. The molecule has 0 fully saturated rings. The summed E-state index contributed by atoms with van der Waals surface area (Å²) in [4.78, 5) is 34.4. The lowest BCUT2D eigenvalue weighted by Gasteiger charge is -2.21. The van der Waals surface area contributed by atoms with Gasteiger partial charge < -0.3 is 19.9 Å². The van der Waals surface area contributed by atoms with Crippen molar-refractivity contribution in [1.82, 2.24) is 5.32 Å². The second-order valence-electron chi connectivity index (χ2n) is 5.89. The lowest BCUT2D eigenvalue weighted by atomic mass is 10.1. The number of ether oxygens (including phenoxy) is 2. The van der Waals surface area contributed by atoms with E-state index in [0.717, 1.165) is 5.56 Å². The Bertz CT molecular complexity index is 549. The maximum absolute atomic E-state index is 11.7. The number of esters is 1. The van der Waals surface area contributed by atoms with E-state index in [4.69, 9.17) is 14.6 Å². The fourth-order valence-corrected chi connectivity index (χ4v) is 1.66. The standard InChI is InChI=1S/C16H21NO6/c1-16(2,3)23-13(18)9-12(14(19)20)17-15(21)22-10-11-7-5-4-6-8-11/h4-8,12H,9-10H2,1-3H3,(H,17,21)(H,19,20). The van der Waals surface area contributed by atoms with Gasteiger partial charge in [-0.15, -0.1) is 0 Å². The molecule has 1 rings (SSSR count). The molecule has 0 saturated heterocycles. The molecule has 1 amide bonds. The maximum Gasteiger partial charge on any atom is 0.408 e. The molecular formula is C16H21NO6. The first kappa shape index (κ1) is 18.5. The molecule has 23 heavy (non-hydrogen) atoms. The first-order chi connectivity index (χ1) is 10.7. The molecule has 0 aromatic heterocycles. The molecule has 0 aliphatic heterocycles. The molecule has 1 atom stereocenters. The quantitative estimate of drug-likeness (QED) is 0.777. The molecule has 0 spiro atoms. The van der Waals surface area contributed by atoms with E-state index in [2.05, 4.69) is 5.32 Å². The molecule has 2 N–H and O–H groups in total. The Kier molecular flexibility index (Phi) is 6.56. The summed E-state index contributed by atoms with van der Waals surface area (Å²) in [6.45, 7) is 5.01. The number of amides is 1. The zero-order valence-electron chi connectivity index (χ0n) is 13.4. The van der Waals surface area contributed by atoms with Crippen molar-refractivity contribution in [3.63, 3.8) is 0 Å². The van der Waals surface area contributed by atoms with Gasteiger partial charge in [0.2, 0.25) is 0 Å². The van der Waals surface area contributed by atoms with Gasteiger partial charge in [0.1, 0.15) is 18.2 Å². The molecule has 0 radical (unpaired) electrons. The second kappa shape index (κ2) is 8.17. The van der Waals surface area contributed by atoms with Crippen molar-refractivity contribution in [2.45, 2.75) is 45.4 Å². The van der Waals surface area contributed by atoms with Gasteiger partial charge in [-0.25, -0.2) is 9.59 Å². The lowest BCUT2D eigenvalue weighted by Crippen LogP contribution is -2.43. The Balaban J connectivity index is 2.50. The van der Waals surface area contributed by atoms with Crippen LogP contribution in [-0.4, -0.2) is 34.8 Å². The number of carbonyl (C=O) groups excluding carboxylic acids is 2. The van der Waals surface area contributed by atoms with Gasteiger partial charge in [-0.2, -0.15) is 0 Å². The van der Waals surface area contributed by atoms with Crippen LogP contribution in [0, 0.1) is 0 Å². The number of aliphatic carboxylic acids is 1. The Morgan fingerprint density at radius 3 is 2.30 bits per heavy atom. The van der Waals surface area contributed by atoms with Gasteiger partial charge in [-0.1, -0.05) is 30.3 Å². The van der Waals surface area contributed by atoms with Crippen LogP contribution in [0.25, 0.3) is 0 Å². The zero-order valence-corrected chi connectivity index (χ0v) is 13.4. The minimum absolute atomic E-state index is 0.00541. The van der Waals surface area contributed by atoms with Crippen LogP contribution in [0.2, 0.25) is 0 Å². The summed E-state index contributed by atoms with van der Waals surface area (Å²) >= 11 is 0. The SMILES string of the molecule is CC(C)(C)OC(=O)CC(NC(=O)OCc1ccccc1)C(=O)O. The minimum Gasteiger partial charge on any atom is -0.480 e. The van der Waals surface area contributed by atoms with E-state index in [1.54, 1.807) is 45.0 Å². The molecule has 7 nitrogen and oxygen atoms in total. The van der Waals surface area contributed by atoms with Crippen LogP contribution in [0.5, 0.6) is 0 Å². The number of hydrogen-bond donors (Lipinski definition) is 2. The van der Waals surface area contributed by atoms with Crippen LogP contribution in [0.1, 0.15) is 32.8 Å². The van der Waals surface area contributed by atoms with Crippen molar-refractivity contribution >= 4 is 18.0 Å². The fraction of sp³-hybridized carbons (Fsp3) is 0.438. The number of carboxylic acid groups (broad SMARTS) is 1. The molecule has 0 aliphatic carbocycles. The topological polar surface area (TPSA) is 102 Å². The molecule has 0 heterocycles. The predicted octanol–water partition coefficient (Wildman–Crippen LogP) is 2.10. The number of rotatable bonds is 6. The molecule has 1 unspecified atom stereocenters. The van der Waals surface area contributed by atoms with E-state index >= 15 is 0 Å². The van der Waals surface area contributed by atoms with E-state index in [1.165, 1.54) is 0 Å². The highest BCUT2D eigenvalue weighted by Gasteiger charge is 2.27. The van der Waals surface area contributed by atoms with Crippen molar-refractivity contribution in [2.75, 3.05) is 0 Å². The summed E-state index contributed by atoms with van der Waals surface area (Å²) in [5.74, 6) is -2.05. The summed E-state index contributed by atoms with van der Waals surface area (Å²) in [5.41, 5.74) is 0.0372. The van der Waals surface area contributed by atoms with Gasteiger partial charge in [0.15, 0.2) is 0 Å². The van der Waals surface area contributed by atoms with Crippen molar-refractivity contribution < 1.29 is 29.0 Å². The molecule has 1 aromatic rings. The van der Waals surface area contributed by atoms with Gasteiger partial charge in [0, 0.05) is 0 Å². The minimum atomic E-state index is -1.41. The van der Waals surface area contributed by atoms with Crippen LogP contribution in [0.4, 0.5) is 4.79 Å². The molecular weight excluding hydrogens is 302 g/mol. The van der Waals surface area contributed by atoms with Crippen LogP contribution in [0.15, 0.2) is 30.3 Å².